The monoisotopic (exact) mass is 365 g/mol. The first-order valence-corrected chi connectivity index (χ1v) is 8.89. The van der Waals surface area contributed by atoms with Crippen molar-refractivity contribution in [2.45, 2.75) is 45.2 Å². The second-order valence-electron chi connectivity index (χ2n) is 6.66. The fourth-order valence-electron chi connectivity index (χ4n) is 3.31. The minimum atomic E-state index is -4.42. The molecule has 26 heavy (non-hydrogen) atoms. The zero-order valence-corrected chi connectivity index (χ0v) is 14.7. The third-order valence-electron chi connectivity index (χ3n) is 4.80. The van der Waals surface area contributed by atoms with Gasteiger partial charge in [-0.25, -0.2) is 4.68 Å². The highest BCUT2D eigenvalue weighted by Crippen LogP contribution is 2.30. The Morgan fingerprint density at radius 1 is 1.08 bits per heavy atom. The molecule has 0 spiro atoms. The van der Waals surface area contributed by atoms with E-state index in [9.17, 15) is 18.0 Å². The molecular formula is C19H22F3N3O. The van der Waals surface area contributed by atoms with E-state index in [1.165, 1.54) is 23.4 Å². The molecule has 0 bridgehead atoms. The maximum Gasteiger partial charge on any atom is 0.416 e. The number of carbonyl (C=O) groups excluding carboxylic acids is 1. The lowest BCUT2D eigenvalue weighted by atomic mass is 10.1. The summed E-state index contributed by atoms with van der Waals surface area (Å²) in [5.74, 6) is -0.0948. The van der Waals surface area contributed by atoms with E-state index < -0.39 is 11.7 Å². The predicted octanol–water partition coefficient (Wildman–Crippen LogP) is 4.61. The van der Waals surface area contributed by atoms with Gasteiger partial charge >= 0.3 is 6.18 Å². The third-order valence-corrected chi connectivity index (χ3v) is 4.80. The molecule has 0 N–H and O–H groups in total. The maximum atomic E-state index is 12.9. The minimum absolute atomic E-state index is 0.0948. The Morgan fingerprint density at radius 2 is 1.73 bits per heavy atom. The molecule has 1 aromatic heterocycles. The smallest absolute Gasteiger partial charge is 0.339 e. The van der Waals surface area contributed by atoms with Crippen molar-refractivity contribution in [3.63, 3.8) is 0 Å². The van der Waals surface area contributed by atoms with Gasteiger partial charge in [0, 0.05) is 13.1 Å². The number of likely N-dealkylation sites (tertiary alicyclic amines) is 1. The van der Waals surface area contributed by atoms with E-state index in [4.69, 9.17) is 0 Å². The van der Waals surface area contributed by atoms with E-state index in [0.717, 1.165) is 37.8 Å². The molecule has 2 heterocycles. The van der Waals surface area contributed by atoms with Crippen LogP contribution in [0.3, 0.4) is 0 Å². The highest BCUT2D eigenvalue weighted by atomic mass is 19.4. The maximum absolute atomic E-state index is 12.9. The quantitative estimate of drug-likeness (QED) is 0.780. The van der Waals surface area contributed by atoms with Gasteiger partial charge in [-0.05, 0) is 38.0 Å². The van der Waals surface area contributed by atoms with Crippen LogP contribution < -0.4 is 0 Å². The minimum Gasteiger partial charge on any atom is -0.339 e. The summed E-state index contributed by atoms with van der Waals surface area (Å²) in [5, 5.41) is 4.17. The van der Waals surface area contributed by atoms with Crippen LogP contribution in [0, 0.1) is 6.92 Å². The number of benzene rings is 1. The van der Waals surface area contributed by atoms with E-state index in [-0.39, 0.29) is 5.91 Å². The van der Waals surface area contributed by atoms with E-state index in [1.54, 1.807) is 13.0 Å². The summed E-state index contributed by atoms with van der Waals surface area (Å²) in [7, 11) is 0. The lowest BCUT2D eigenvalue weighted by Gasteiger charge is -2.24. The number of nitrogens with zero attached hydrogens (tertiary/aromatic N) is 3. The van der Waals surface area contributed by atoms with Crippen molar-refractivity contribution >= 4 is 5.91 Å². The Labute approximate surface area is 150 Å². The predicted molar refractivity (Wildman–Crippen MR) is 92.3 cm³/mol. The zero-order valence-electron chi connectivity index (χ0n) is 14.7. The van der Waals surface area contributed by atoms with Gasteiger partial charge < -0.3 is 4.90 Å². The number of carbonyl (C=O) groups is 1. The molecule has 1 aromatic carbocycles. The number of halogens is 3. The summed E-state index contributed by atoms with van der Waals surface area (Å²) >= 11 is 0. The molecule has 1 amide bonds. The van der Waals surface area contributed by atoms with Crippen LogP contribution >= 0.6 is 0 Å². The Balaban J connectivity index is 1.87. The highest BCUT2D eigenvalue weighted by molar-refractivity contribution is 5.95. The van der Waals surface area contributed by atoms with Crippen LogP contribution in [0.4, 0.5) is 13.2 Å². The normalized spacial score (nSPS) is 16.2. The zero-order chi connectivity index (χ0) is 18.7. The molecule has 140 valence electrons. The number of alkyl halides is 3. The molecule has 0 saturated carbocycles. The van der Waals surface area contributed by atoms with E-state index in [0.29, 0.717) is 30.0 Å². The van der Waals surface area contributed by atoms with Crippen molar-refractivity contribution in [2.75, 3.05) is 13.1 Å². The van der Waals surface area contributed by atoms with E-state index in [1.807, 2.05) is 4.90 Å². The number of aromatic nitrogens is 2. The summed E-state index contributed by atoms with van der Waals surface area (Å²) in [5.41, 5.74) is 0.560. The lowest BCUT2D eigenvalue weighted by molar-refractivity contribution is -0.137. The van der Waals surface area contributed by atoms with Gasteiger partial charge in [-0.15, -0.1) is 0 Å². The van der Waals surface area contributed by atoms with Crippen LogP contribution in [-0.4, -0.2) is 33.7 Å². The van der Waals surface area contributed by atoms with Gasteiger partial charge in [0.2, 0.25) is 0 Å². The molecule has 1 aliphatic heterocycles. The molecule has 1 saturated heterocycles. The largest absolute Gasteiger partial charge is 0.416 e. The van der Waals surface area contributed by atoms with Crippen LogP contribution in [0.15, 0.2) is 30.5 Å². The molecule has 0 radical (unpaired) electrons. The molecule has 1 aliphatic rings. The summed E-state index contributed by atoms with van der Waals surface area (Å²) in [6.07, 6.45) is 2.43. The van der Waals surface area contributed by atoms with Crippen molar-refractivity contribution in [3.8, 4) is 5.69 Å². The molecule has 3 rings (SSSR count). The lowest BCUT2D eigenvalue weighted by Crippen LogP contribution is -2.34. The summed E-state index contributed by atoms with van der Waals surface area (Å²) in [6, 6.07) is 4.97. The van der Waals surface area contributed by atoms with Gasteiger partial charge in [0.25, 0.3) is 5.91 Å². The van der Waals surface area contributed by atoms with Gasteiger partial charge in [0.15, 0.2) is 0 Å². The van der Waals surface area contributed by atoms with Crippen LogP contribution in [0.1, 0.15) is 53.7 Å². The first-order chi connectivity index (χ1) is 12.4. The van der Waals surface area contributed by atoms with Crippen molar-refractivity contribution in [3.05, 3.63) is 47.3 Å². The van der Waals surface area contributed by atoms with Gasteiger partial charge in [-0.3, -0.25) is 4.79 Å². The number of hydrogen-bond acceptors (Lipinski definition) is 2. The van der Waals surface area contributed by atoms with Gasteiger partial charge in [-0.2, -0.15) is 18.3 Å². The van der Waals surface area contributed by atoms with Crippen LogP contribution in [-0.2, 0) is 6.18 Å². The average molecular weight is 365 g/mol. The highest BCUT2D eigenvalue weighted by Gasteiger charge is 2.31. The first kappa shape index (κ1) is 18.5. The van der Waals surface area contributed by atoms with Crippen LogP contribution in [0.25, 0.3) is 5.69 Å². The second kappa shape index (κ2) is 7.51. The molecule has 4 nitrogen and oxygen atoms in total. The number of hydrogen-bond donors (Lipinski definition) is 0. The fourth-order valence-corrected chi connectivity index (χ4v) is 3.31. The van der Waals surface area contributed by atoms with Crippen molar-refractivity contribution in [2.24, 2.45) is 0 Å². The second-order valence-corrected chi connectivity index (χ2v) is 6.66. The van der Waals surface area contributed by atoms with Gasteiger partial charge in [-0.1, -0.05) is 25.3 Å². The van der Waals surface area contributed by atoms with Gasteiger partial charge in [0.1, 0.15) is 0 Å². The number of rotatable bonds is 2. The molecule has 2 aromatic rings. The molecule has 0 unspecified atom stereocenters. The topological polar surface area (TPSA) is 38.1 Å². The van der Waals surface area contributed by atoms with Crippen LogP contribution in [0.2, 0.25) is 0 Å². The molecule has 7 heteroatoms. The van der Waals surface area contributed by atoms with Crippen LogP contribution in [0.5, 0.6) is 0 Å². The Bertz CT molecular complexity index is 775. The third kappa shape index (κ3) is 3.92. The molecule has 0 atom stereocenters. The SMILES string of the molecule is Cc1c(C(=O)N2CCCCCCC2)cnn1-c1cccc(C(F)(F)F)c1. The Kier molecular flexibility index (Phi) is 5.34. The summed E-state index contributed by atoms with van der Waals surface area (Å²) in [4.78, 5) is 14.7. The van der Waals surface area contributed by atoms with E-state index in [2.05, 4.69) is 5.10 Å². The average Bonchev–Trinajstić information content (AvgIpc) is 2.95. The standard InChI is InChI=1S/C19H22F3N3O/c1-14-17(18(26)24-10-5-3-2-4-6-11-24)13-23-25(14)16-9-7-8-15(12-16)19(20,21)22/h7-9,12-13H,2-6,10-11H2,1H3. The fraction of sp³-hybridized carbons (Fsp3) is 0.474. The summed E-state index contributed by atoms with van der Waals surface area (Å²) < 4.78 is 40.2. The Morgan fingerprint density at radius 3 is 2.38 bits per heavy atom. The first-order valence-electron chi connectivity index (χ1n) is 8.89. The summed E-state index contributed by atoms with van der Waals surface area (Å²) in [6.45, 7) is 3.14. The van der Waals surface area contributed by atoms with Crippen molar-refractivity contribution in [1.82, 2.24) is 14.7 Å². The van der Waals surface area contributed by atoms with Crippen molar-refractivity contribution in [1.29, 1.82) is 0 Å². The number of amides is 1. The van der Waals surface area contributed by atoms with Crippen molar-refractivity contribution < 1.29 is 18.0 Å². The molecule has 1 fully saturated rings. The van der Waals surface area contributed by atoms with Gasteiger partial charge in [0.05, 0.1) is 28.7 Å². The molecular weight excluding hydrogens is 343 g/mol. The van der Waals surface area contributed by atoms with E-state index >= 15 is 0 Å². The molecule has 0 aliphatic carbocycles. The Hall–Kier alpha value is -2.31.